The lowest BCUT2D eigenvalue weighted by Gasteiger charge is -2.03. The zero-order chi connectivity index (χ0) is 10.8. The molecule has 0 saturated heterocycles. The first-order valence-electron chi connectivity index (χ1n) is 4.84. The molecule has 0 aliphatic carbocycles. The van der Waals surface area contributed by atoms with Crippen LogP contribution in [0.4, 0.5) is 11.8 Å². The van der Waals surface area contributed by atoms with E-state index in [-0.39, 0.29) is 0 Å². The van der Waals surface area contributed by atoms with Crippen LogP contribution in [0.1, 0.15) is 12.6 Å². The third kappa shape index (κ3) is 1.83. The van der Waals surface area contributed by atoms with Crippen molar-refractivity contribution in [3.05, 3.63) is 18.1 Å². The maximum absolute atomic E-state index is 4.34. The van der Waals surface area contributed by atoms with E-state index < -0.39 is 0 Å². The minimum Gasteiger partial charge on any atom is -0.309 e. The van der Waals surface area contributed by atoms with Crippen LogP contribution in [0, 0.1) is 0 Å². The Morgan fingerprint density at radius 1 is 1.40 bits per heavy atom. The van der Waals surface area contributed by atoms with Gasteiger partial charge in [-0.2, -0.15) is 5.10 Å². The minimum absolute atomic E-state index is 0.709. The van der Waals surface area contributed by atoms with Gasteiger partial charge in [-0.1, -0.05) is 6.92 Å². The van der Waals surface area contributed by atoms with Gasteiger partial charge >= 0.3 is 0 Å². The number of nitrogens with zero attached hydrogens (tertiary/aromatic N) is 5. The van der Waals surface area contributed by atoms with E-state index in [0.29, 0.717) is 5.95 Å². The van der Waals surface area contributed by atoms with Gasteiger partial charge in [0.05, 0.1) is 5.69 Å². The van der Waals surface area contributed by atoms with Crippen molar-refractivity contribution < 1.29 is 0 Å². The molecule has 0 aromatic carbocycles. The first-order valence-corrected chi connectivity index (χ1v) is 4.84. The van der Waals surface area contributed by atoms with Gasteiger partial charge in [0.2, 0.25) is 5.95 Å². The van der Waals surface area contributed by atoms with Crippen molar-refractivity contribution in [3.8, 4) is 0 Å². The Morgan fingerprint density at radius 3 is 2.73 bits per heavy atom. The molecule has 2 rings (SSSR count). The van der Waals surface area contributed by atoms with Gasteiger partial charge in [-0.05, 0) is 6.42 Å². The van der Waals surface area contributed by atoms with E-state index in [4.69, 9.17) is 0 Å². The first kappa shape index (κ1) is 9.70. The molecule has 0 bridgehead atoms. The molecule has 2 aromatic heterocycles. The average Bonchev–Trinajstić information content (AvgIpc) is 2.76. The second kappa shape index (κ2) is 3.72. The Morgan fingerprint density at radius 2 is 2.20 bits per heavy atom. The summed E-state index contributed by atoms with van der Waals surface area (Å²) < 4.78 is 3.62. The quantitative estimate of drug-likeness (QED) is 0.809. The number of hydrogen-bond donors (Lipinski definition) is 1. The fraction of sp³-hybridized carbons (Fsp3) is 0.444. The molecule has 0 radical (unpaired) electrons. The fourth-order valence-corrected chi connectivity index (χ4v) is 1.33. The highest BCUT2D eigenvalue weighted by molar-refractivity contribution is 5.48. The molecule has 2 heterocycles. The molecule has 0 unspecified atom stereocenters. The lowest BCUT2D eigenvalue weighted by atomic mass is 10.3. The second-order valence-corrected chi connectivity index (χ2v) is 3.39. The SMILES string of the molecule is CCc1cc(Nc2nncn2C)n(C)n1. The Hall–Kier alpha value is -1.85. The number of aromatic nitrogens is 5. The summed E-state index contributed by atoms with van der Waals surface area (Å²) in [5.41, 5.74) is 1.06. The number of hydrogen-bond acceptors (Lipinski definition) is 4. The summed E-state index contributed by atoms with van der Waals surface area (Å²) in [4.78, 5) is 0. The van der Waals surface area contributed by atoms with Gasteiger partial charge in [0.1, 0.15) is 12.1 Å². The van der Waals surface area contributed by atoms with Crippen LogP contribution in [0.25, 0.3) is 0 Å². The van der Waals surface area contributed by atoms with Crippen molar-refractivity contribution in [3.63, 3.8) is 0 Å². The van der Waals surface area contributed by atoms with Crippen LogP contribution in [0.5, 0.6) is 0 Å². The maximum atomic E-state index is 4.34. The molecule has 0 amide bonds. The van der Waals surface area contributed by atoms with Gasteiger partial charge in [-0.25, -0.2) is 0 Å². The van der Waals surface area contributed by atoms with Gasteiger partial charge in [0.25, 0.3) is 0 Å². The van der Waals surface area contributed by atoms with E-state index >= 15 is 0 Å². The molecule has 1 N–H and O–H groups in total. The average molecular weight is 206 g/mol. The van der Waals surface area contributed by atoms with E-state index in [0.717, 1.165) is 17.9 Å². The predicted molar refractivity (Wildman–Crippen MR) is 56.9 cm³/mol. The summed E-state index contributed by atoms with van der Waals surface area (Å²) in [6.07, 6.45) is 2.58. The lowest BCUT2D eigenvalue weighted by Crippen LogP contribution is -2.03. The molecule has 6 nitrogen and oxygen atoms in total. The molecule has 0 fully saturated rings. The summed E-state index contributed by atoms with van der Waals surface area (Å²) in [6, 6.07) is 2.01. The summed E-state index contributed by atoms with van der Waals surface area (Å²) in [5, 5.41) is 15.2. The van der Waals surface area contributed by atoms with E-state index in [9.17, 15) is 0 Å². The van der Waals surface area contributed by atoms with Crippen molar-refractivity contribution in [2.75, 3.05) is 5.32 Å². The monoisotopic (exact) mass is 206 g/mol. The van der Waals surface area contributed by atoms with E-state index in [1.165, 1.54) is 0 Å². The van der Waals surface area contributed by atoms with E-state index in [1.807, 2.05) is 24.7 Å². The Labute approximate surface area is 87.9 Å². The van der Waals surface area contributed by atoms with Crippen LogP contribution in [0.3, 0.4) is 0 Å². The van der Waals surface area contributed by atoms with Crippen LogP contribution >= 0.6 is 0 Å². The standard InChI is InChI=1S/C9H14N6/c1-4-7-5-8(15(3)13-7)11-9-12-10-6-14(9)2/h5-6H,4H2,1-3H3,(H,11,12). The molecule has 15 heavy (non-hydrogen) atoms. The highest BCUT2D eigenvalue weighted by Gasteiger charge is 2.06. The van der Waals surface area contributed by atoms with Crippen molar-refractivity contribution in [2.24, 2.45) is 14.1 Å². The van der Waals surface area contributed by atoms with Gasteiger partial charge in [0.15, 0.2) is 0 Å². The Balaban J connectivity index is 2.24. The molecular weight excluding hydrogens is 192 g/mol. The number of nitrogens with one attached hydrogen (secondary N) is 1. The first-order chi connectivity index (χ1) is 7.20. The summed E-state index contributed by atoms with van der Waals surface area (Å²) in [6.45, 7) is 2.08. The predicted octanol–water partition coefficient (Wildman–Crippen LogP) is 0.855. The molecule has 0 saturated carbocycles. The topological polar surface area (TPSA) is 60.6 Å². The number of rotatable bonds is 3. The molecule has 6 heteroatoms. The minimum atomic E-state index is 0.709. The maximum Gasteiger partial charge on any atom is 0.229 e. The van der Waals surface area contributed by atoms with Crippen LogP contribution in [0.15, 0.2) is 12.4 Å². The van der Waals surface area contributed by atoms with Crippen LogP contribution < -0.4 is 5.32 Å². The van der Waals surface area contributed by atoms with Crippen molar-refractivity contribution in [1.82, 2.24) is 24.5 Å². The van der Waals surface area contributed by atoms with Crippen LogP contribution in [-0.2, 0) is 20.5 Å². The van der Waals surface area contributed by atoms with Gasteiger partial charge in [-0.3, -0.25) is 4.68 Å². The molecule has 0 atom stereocenters. The normalized spacial score (nSPS) is 10.6. The highest BCUT2D eigenvalue weighted by atomic mass is 15.4. The molecule has 0 spiro atoms. The number of aryl methyl sites for hydroxylation is 3. The smallest absolute Gasteiger partial charge is 0.229 e. The van der Waals surface area contributed by atoms with Crippen molar-refractivity contribution >= 4 is 11.8 Å². The molecule has 2 aromatic rings. The summed E-state index contributed by atoms with van der Waals surface area (Å²) in [7, 11) is 3.79. The highest BCUT2D eigenvalue weighted by Crippen LogP contribution is 2.14. The summed E-state index contributed by atoms with van der Waals surface area (Å²) >= 11 is 0. The Kier molecular flexibility index (Phi) is 2.40. The number of anilines is 2. The van der Waals surface area contributed by atoms with Crippen LogP contribution in [0.2, 0.25) is 0 Å². The molecule has 0 aliphatic rings. The Bertz CT molecular complexity index is 455. The third-order valence-corrected chi connectivity index (χ3v) is 2.24. The van der Waals surface area contributed by atoms with Gasteiger partial charge < -0.3 is 9.88 Å². The molecule has 0 aliphatic heterocycles. The third-order valence-electron chi connectivity index (χ3n) is 2.24. The van der Waals surface area contributed by atoms with Gasteiger partial charge in [-0.15, -0.1) is 10.2 Å². The fourth-order valence-electron chi connectivity index (χ4n) is 1.33. The lowest BCUT2D eigenvalue weighted by molar-refractivity contribution is 0.751. The molecular formula is C9H14N6. The summed E-state index contributed by atoms with van der Waals surface area (Å²) in [5.74, 6) is 1.63. The second-order valence-electron chi connectivity index (χ2n) is 3.39. The van der Waals surface area contributed by atoms with E-state index in [1.54, 1.807) is 11.0 Å². The molecule has 80 valence electrons. The zero-order valence-electron chi connectivity index (χ0n) is 9.10. The van der Waals surface area contributed by atoms with Crippen molar-refractivity contribution in [2.45, 2.75) is 13.3 Å². The zero-order valence-corrected chi connectivity index (χ0v) is 9.10. The van der Waals surface area contributed by atoms with Gasteiger partial charge in [0, 0.05) is 20.2 Å². The van der Waals surface area contributed by atoms with Crippen molar-refractivity contribution in [1.29, 1.82) is 0 Å². The van der Waals surface area contributed by atoms with Crippen LogP contribution in [-0.4, -0.2) is 24.5 Å². The van der Waals surface area contributed by atoms with E-state index in [2.05, 4.69) is 27.5 Å². The largest absolute Gasteiger partial charge is 0.309 e.